The third-order valence-corrected chi connectivity index (χ3v) is 7.20. The molecule has 0 bridgehead atoms. The van der Waals surface area contributed by atoms with Crippen LogP contribution in [0.15, 0.2) is 36.4 Å². The minimum atomic E-state index is -0.477. The number of aromatic nitrogens is 2. The summed E-state index contributed by atoms with van der Waals surface area (Å²) < 4.78 is 10.6. The van der Waals surface area contributed by atoms with Crippen LogP contribution < -0.4 is 20.1 Å². The summed E-state index contributed by atoms with van der Waals surface area (Å²) in [4.78, 5) is 40.2. The number of piperidine rings is 1. The van der Waals surface area contributed by atoms with Crippen LogP contribution >= 0.6 is 11.3 Å². The Hall–Kier alpha value is -3.99. The molecule has 0 radical (unpaired) electrons. The second kappa shape index (κ2) is 9.94. The van der Waals surface area contributed by atoms with Crippen LogP contribution in [0.5, 0.6) is 11.5 Å². The van der Waals surface area contributed by atoms with Crippen molar-refractivity contribution >= 4 is 40.4 Å². The first-order chi connectivity index (χ1) is 17.4. The normalized spacial score (nSPS) is 16.5. The number of aryl methyl sites for hydroxylation is 2. The van der Waals surface area contributed by atoms with Gasteiger partial charge in [0.25, 0.3) is 11.8 Å². The van der Waals surface area contributed by atoms with E-state index >= 15 is 0 Å². The van der Waals surface area contributed by atoms with Gasteiger partial charge in [0.05, 0.1) is 5.92 Å². The molecular weight excluding hydrogens is 482 g/mol. The average molecular weight is 508 g/mol. The lowest BCUT2D eigenvalue weighted by Crippen LogP contribution is -2.43. The molecule has 3 heterocycles. The molecule has 2 aliphatic heterocycles. The standard InChI is InChI=1S/C25H25N5O5S/c1-14-5-6-17(10-15(14)2)26-21(31)16-4-3-9-30(12-16)25(33)24-29-28-23(36-24)22(32)27-18-7-8-19-20(11-18)35-13-34-19/h5-8,10-11,16H,3-4,9,12-13H2,1-2H3,(H,26,31)(H,27,32). The summed E-state index contributed by atoms with van der Waals surface area (Å²) in [5.41, 5.74) is 3.51. The fourth-order valence-corrected chi connectivity index (χ4v) is 4.84. The highest BCUT2D eigenvalue weighted by Crippen LogP contribution is 2.34. The summed E-state index contributed by atoms with van der Waals surface area (Å²) >= 11 is 0.921. The van der Waals surface area contributed by atoms with Crippen molar-refractivity contribution in [2.45, 2.75) is 26.7 Å². The van der Waals surface area contributed by atoms with E-state index in [0.717, 1.165) is 28.2 Å². The molecule has 5 rings (SSSR count). The third-order valence-electron chi connectivity index (χ3n) is 6.29. The highest BCUT2D eigenvalue weighted by atomic mass is 32.1. The van der Waals surface area contributed by atoms with Crippen LogP contribution in [0.25, 0.3) is 0 Å². The van der Waals surface area contributed by atoms with E-state index in [9.17, 15) is 14.4 Å². The molecular formula is C25H25N5O5S. The zero-order chi connectivity index (χ0) is 25.2. The number of nitrogens with zero attached hydrogens (tertiary/aromatic N) is 3. The monoisotopic (exact) mass is 507 g/mol. The number of anilines is 2. The molecule has 1 unspecified atom stereocenters. The lowest BCUT2D eigenvalue weighted by atomic mass is 9.97. The molecule has 186 valence electrons. The van der Waals surface area contributed by atoms with E-state index in [-0.39, 0.29) is 41.1 Å². The Morgan fingerprint density at radius 1 is 0.944 bits per heavy atom. The predicted octanol–water partition coefficient (Wildman–Crippen LogP) is 3.63. The zero-order valence-electron chi connectivity index (χ0n) is 19.9. The van der Waals surface area contributed by atoms with Gasteiger partial charge in [0.15, 0.2) is 11.5 Å². The highest BCUT2D eigenvalue weighted by molar-refractivity contribution is 7.15. The number of nitrogens with one attached hydrogen (secondary N) is 2. The van der Waals surface area contributed by atoms with E-state index in [1.807, 2.05) is 32.0 Å². The lowest BCUT2D eigenvalue weighted by molar-refractivity contribution is -0.121. The Kier molecular flexibility index (Phi) is 6.55. The van der Waals surface area contributed by atoms with E-state index in [0.29, 0.717) is 36.6 Å². The molecule has 0 spiro atoms. The van der Waals surface area contributed by atoms with E-state index in [4.69, 9.17) is 9.47 Å². The summed E-state index contributed by atoms with van der Waals surface area (Å²) in [6.45, 7) is 4.96. The molecule has 1 fully saturated rings. The average Bonchev–Trinajstić information content (AvgIpc) is 3.56. The van der Waals surface area contributed by atoms with Crippen molar-refractivity contribution < 1.29 is 23.9 Å². The second-order valence-electron chi connectivity index (χ2n) is 8.81. The van der Waals surface area contributed by atoms with Gasteiger partial charge >= 0.3 is 0 Å². The molecule has 1 atom stereocenters. The van der Waals surface area contributed by atoms with Crippen molar-refractivity contribution in [1.29, 1.82) is 0 Å². The molecule has 1 saturated heterocycles. The molecule has 36 heavy (non-hydrogen) atoms. The first kappa shape index (κ1) is 23.7. The molecule has 0 saturated carbocycles. The van der Waals surface area contributed by atoms with Crippen LogP contribution in [-0.2, 0) is 4.79 Å². The number of hydrogen-bond donors (Lipinski definition) is 2. The van der Waals surface area contributed by atoms with Gasteiger partial charge in [-0.05, 0) is 62.1 Å². The van der Waals surface area contributed by atoms with Gasteiger partial charge in [-0.1, -0.05) is 17.4 Å². The molecule has 2 N–H and O–H groups in total. The number of carbonyl (C=O) groups is 3. The number of fused-ring (bicyclic) bond motifs is 1. The maximum Gasteiger partial charge on any atom is 0.286 e. The maximum atomic E-state index is 13.1. The predicted molar refractivity (Wildman–Crippen MR) is 134 cm³/mol. The summed E-state index contributed by atoms with van der Waals surface area (Å²) in [7, 11) is 0. The molecule has 3 aromatic rings. The van der Waals surface area contributed by atoms with E-state index in [1.165, 1.54) is 0 Å². The summed E-state index contributed by atoms with van der Waals surface area (Å²) in [5, 5.41) is 13.7. The van der Waals surface area contributed by atoms with Crippen molar-refractivity contribution in [2.75, 3.05) is 30.5 Å². The van der Waals surface area contributed by atoms with Crippen molar-refractivity contribution in [1.82, 2.24) is 15.1 Å². The Bertz CT molecular complexity index is 1340. The van der Waals surface area contributed by atoms with Gasteiger partial charge < -0.3 is 25.0 Å². The van der Waals surface area contributed by atoms with Gasteiger partial charge in [0, 0.05) is 30.5 Å². The molecule has 2 aliphatic rings. The molecule has 10 nitrogen and oxygen atoms in total. The molecule has 3 amide bonds. The number of amides is 3. The molecule has 11 heteroatoms. The van der Waals surface area contributed by atoms with E-state index in [1.54, 1.807) is 23.1 Å². The van der Waals surface area contributed by atoms with Crippen LogP contribution in [-0.4, -0.2) is 52.7 Å². The van der Waals surface area contributed by atoms with Crippen LogP contribution in [0, 0.1) is 19.8 Å². The van der Waals surface area contributed by atoms with Gasteiger partial charge in [-0.2, -0.15) is 0 Å². The summed E-state index contributed by atoms with van der Waals surface area (Å²) in [6.07, 6.45) is 1.40. The smallest absolute Gasteiger partial charge is 0.286 e. The number of carbonyl (C=O) groups excluding carboxylic acids is 3. The Morgan fingerprint density at radius 3 is 2.53 bits per heavy atom. The first-order valence-corrected chi connectivity index (χ1v) is 12.4. The minimum Gasteiger partial charge on any atom is -0.454 e. The summed E-state index contributed by atoms with van der Waals surface area (Å²) in [6, 6.07) is 10.8. The van der Waals surface area contributed by atoms with Crippen molar-refractivity contribution in [3.05, 3.63) is 57.5 Å². The minimum absolute atomic E-state index is 0.0667. The highest BCUT2D eigenvalue weighted by Gasteiger charge is 2.31. The van der Waals surface area contributed by atoms with Gasteiger partial charge in [0.2, 0.25) is 22.7 Å². The van der Waals surface area contributed by atoms with Crippen molar-refractivity contribution in [3.63, 3.8) is 0 Å². The van der Waals surface area contributed by atoms with Gasteiger partial charge in [-0.25, -0.2) is 0 Å². The number of likely N-dealkylation sites (tertiary alicyclic amines) is 1. The molecule has 1 aromatic heterocycles. The van der Waals surface area contributed by atoms with Crippen molar-refractivity contribution in [2.24, 2.45) is 5.92 Å². The van der Waals surface area contributed by atoms with Crippen LogP contribution in [0.2, 0.25) is 0 Å². The van der Waals surface area contributed by atoms with Gasteiger partial charge in [-0.15, -0.1) is 10.2 Å². The second-order valence-corrected chi connectivity index (χ2v) is 9.79. The SMILES string of the molecule is Cc1ccc(NC(=O)C2CCCN(C(=O)c3nnc(C(=O)Nc4ccc5c(c4)OCO5)s3)C2)cc1C. The fraction of sp³-hybridized carbons (Fsp3) is 0.320. The largest absolute Gasteiger partial charge is 0.454 e. The summed E-state index contributed by atoms with van der Waals surface area (Å²) in [5.74, 6) is -0.0998. The quantitative estimate of drug-likeness (QED) is 0.541. The molecule has 2 aromatic carbocycles. The number of rotatable bonds is 5. The number of benzene rings is 2. The third kappa shape index (κ3) is 5.01. The lowest BCUT2D eigenvalue weighted by Gasteiger charge is -2.31. The fourth-order valence-electron chi connectivity index (χ4n) is 4.13. The van der Waals surface area contributed by atoms with E-state index in [2.05, 4.69) is 20.8 Å². The number of hydrogen-bond acceptors (Lipinski definition) is 8. The van der Waals surface area contributed by atoms with Crippen LogP contribution in [0.3, 0.4) is 0 Å². The Labute approximate surface area is 211 Å². The van der Waals surface area contributed by atoms with Crippen LogP contribution in [0.4, 0.5) is 11.4 Å². The number of ether oxygens (including phenoxy) is 2. The van der Waals surface area contributed by atoms with Crippen molar-refractivity contribution in [3.8, 4) is 11.5 Å². The Balaban J connectivity index is 1.20. The topological polar surface area (TPSA) is 123 Å². The van der Waals surface area contributed by atoms with E-state index < -0.39 is 5.91 Å². The van der Waals surface area contributed by atoms with Gasteiger partial charge in [0.1, 0.15) is 0 Å². The molecule has 0 aliphatic carbocycles. The maximum absolute atomic E-state index is 13.1. The first-order valence-electron chi connectivity index (χ1n) is 11.6. The zero-order valence-corrected chi connectivity index (χ0v) is 20.7. The van der Waals surface area contributed by atoms with Crippen LogP contribution in [0.1, 0.15) is 43.6 Å². The Morgan fingerprint density at radius 2 is 1.69 bits per heavy atom. The van der Waals surface area contributed by atoms with Gasteiger partial charge in [-0.3, -0.25) is 14.4 Å².